The third-order valence-electron chi connectivity index (χ3n) is 7.26. The molecule has 1 saturated carbocycles. The minimum Gasteiger partial charge on any atom is -0.340 e. The van der Waals surface area contributed by atoms with Gasteiger partial charge in [0.05, 0.1) is 11.8 Å². The molecule has 0 aromatic heterocycles. The van der Waals surface area contributed by atoms with Crippen LogP contribution in [0.15, 0.2) is 24.3 Å². The van der Waals surface area contributed by atoms with Gasteiger partial charge in [0.2, 0.25) is 17.7 Å². The van der Waals surface area contributed by atoms with E-state index in [0.29, 0.717) is 19.0 Å². The molecular weight excluding hydrogens is 390 g/mol. The molecule has 1 aromatic carbocycles. The summed E-state index contributed by atoms with van der Waals surface area (Å²) in [5, 5.41) is 0. The fraction of sp³-hybridized carbons (Fsp3) is 0.640. The highest BCUT2D eigenvalue weighted by atomic mass is 16.2. The van der Waals surface area contributed by atoms with E-state index in [4.69, 9.17) is 0 Å². The number of hydrogen-bond acceptors (Lipinski definition) is 4. The average Bonchev–Trinajstić information content (AvgIpc) is 3.03. The number of hydrogen-bond donors (Lipinski definition) is 0. The molecule has 2 aliphatic heterocycles. The van der Waals surface area contributed by atoms with Gasteiger partial charge in [-0.15, -0.1) is 0 Å². The highest BCUT2D eigenvalue weighted by Gasteiger charge is 2.47. The maximum Gasteiger partial charge on any atom is 0.233 e. The molecule has 0 spiro atoms. The summed E-state index contributed by atoms with van der Waals surface area (Å²) >= 11 is 0. The van der Waals surface area contributed by atoms with Gasteiger partial charge in [0.1, 0.15) is 0 Å². The Bertz CT molecular complexity index is 788. The van der Waals surface area contributed by atoms with E-state index in [9.17, 15) is 14.4 Å². The number of amides is 3. The molecule has 168 valence electrons. The summed E-state index contributed by atoms with van der Waals surface area (Å²) in [6.45, 7) is 8.66. The summed E-state index contributed by atoms with van der Waals surface area (Å²) in [7, 11) is 0. The lowest BCUT2D eigenvalue weighted by molar-refractivity contribution is -0.141. The van der Waals surface area contributed by atoms with Crippen molar-refractivity contribution >= 4 is 17.7 Å². The Morgan fingerprint density at radius 3 is 2.06 bits per heavy atom. The number of likely N-dealkylation sites (tertiary alicyclic amines) is 1. The van der Waals surface area contributed by atoms with Crippen LogP contribution in [0.25, 0.3) is 0 Å². The van der Waals surface area contributed by atoms with E-state index in [-0.39, 0.29) is 42.5 Å². The van der Waals surface area contributed by atoms with Crippen LogP contribution in [0.4, 0.5) is 0 Å². The van der Waals surface area contributed by atoms with E-state index in [1.165, 1.54) is 16.0 Å². The summed E-state index contributed by atoms with van der Waals surface area (Å²) in [5.41, 5.74) is 2.66. The number of piperazine rings is 1. The average molecular weight is 426 g/mol. The van der Waals surface area contributed by atoms with Gasteiger partial charge >= 0.3 is 0 Å². The van der Waals surface area contributed by atoms with E-state index in [2.05, 4.69) is 43.0 Å². The number of benzene rings is 1. The summed E-state index contributed by atoms with van der Waals surface area (Å²) < 4.78 is 0. The van der Waals surface area contributed by atoms with Crippen LogP contribution in [0.3, 0.4) is 0 Å². The highest BCUT2D eigenvalue weighted by molar-refractivity contribution is 6.05. The third kappa shape index (κ3) is 4.84. The van der Waals surface area contributed by atoms with Gasteiger partial charge in [-0.25, -0.2) is 0 Å². The zero-order valence-electron chi connectivity index (χ0n) is 18.9. The number of fused-ring (bicyclic) bond motifs is 1. The third-order valence-corrected chi connectivity index (χ3v) is 7.26. The largest absolute Gasteiger partial charge is 0.340 e. The molecule has 2 heterocycles. The summed E-state index contributed by atoms with van der Waals surface area (Å²) in [6, 6.07) is 8.82. The van der Waals surface area contributed by atoms with E-state index in [1.807, 2.05) is 4.90 Å². The lowest BCUT2D eigenvalue weighted by Crippen LogP contribution is -2.49. The maximum atomic E-state index is 12.7. The van der Waals surface area contributed by atoms with E-state index in [1.54, 1.807) is 0 Å². The van der Waals surface area contributed by atoms with Crippen molar-refractivity contribution in [3.05, 3.63) is 35.4 Å². The number of nitrogens with zero attached hydrogens (tertiary/aromatic N) is 3. The van der Waals surface area contributed by atoms with Gasteiger partial charge in [-0.1, -0.05) is 51.0 Å². The zero-order valence-corrected chi connectivity index (χ0v) is 18.9. The molecule has 2 saturated heterocycles. The number of imide groups is 1. The summed E-state index contributed by atoms with van der Waals surface area (Å²) in [6.07, 6.45) is 3.94. The number of carbonyl (C=O) groups excluding carboxylic acids is 3. The molecule has 3 fully saturated rings. The second-order valence-electron chi connectivity index (χ2n) is 9.63. The van der Waals surface area contributed by atoms with Crippen LogP contribution in [0.5, 0.6) is 0 Å². The van der Waals surface area contributed by atoms with Gasteiger partial charge in [-0.2, -0.15) is 0 Å². The van der Waals surface area contributed by atoms with Gasteiger partial charge in [0.25, 0.3) is 0 Å². The van der Waals surface area contributed by atoms with E-state index < -0.39 is 0 Å². The molecule has 3 aliphatic rings. The van der Waals surface area contributed by atoms with Crippen molar-refractivity contribution in [1.29, 1.82) is 0 Å². The Kier molecular flexibility index (Phi) is 6.75. The first kappa shape index (κ1) is 22.0. The highest BCUT2D eigenvalue weighted by Crippen LogP contribution is 2.38. The quantitative estimate of drug-likeness (QED) is 0.658. The van der Waals surface area contributed by atoms with Crippen molar-refractivity contribution in [3.8, 4) is 0 Å². The Balaban J connectivity index is 1.22. The van der Waals surface area contributed by atoms with Crippen molar-refractivity contribution in [3.63, 3.8) is 0 Å². The molecule has 31 heavy (non-hydrogen) atoms. The minimum absolute atomic E-state index is 0.0456. The molecule has 0 N–H and O–H groups in total. The zero-order chi connectivity index (χ0) is 22.0. The second-order valence-corrected chi connectivity index (χ2v) is 9.63. The first-order valence-corrected chi connectivity index (χ1v) is 11.9. The maximum absolute atomic E-state index is 12.7. The molecule has 6 heteroatoms. The number of rotatable bonds is 6. The van der Waals surface area contributed by atoms with Gasteiger partial charge in [0.15, 0.2) is 0 Å². The van der Waals surface area contributed by atoms with Crippen LogP contribution in [-0.2, 0) is 20.9 Å². The molecule has 0 bridgehead atoms. The molecule has 3 amide bonds. The summed E-state index contributed by atoms with van der Waals surface area (Å²) in [5.74, 6) is 0.242. The Morgan fingerprint density at radius 2 is 1.52 bits per heavy atom. The second kappa shape index (κ2) is 9.51. The molecule has 0 radical (unpaired) electrons. The van der Waals surface area contributed by atoms with Crippen LogP contribution in [0, 0.1) is 11.8 Å². The SMILES string of the molecule is CC(C)c1ccc(CN2CCN(C(=O)CCN3C(=O)[C@@H]4CCCC[C@H]4C3=O)CC2)cc1. The number of carbonyl (C=O) groups is 3. The Morgan fingerprint density at radius 1 is 0.935 bits per heavy atom. The molecule has 4 rings (SSSR count). The predicted octanol–water partition coefficient (Wildman–Crippen LogP) is 3.02. The lowest BCUT2D eigenvalue weighted by Gasteiger charge is -2.35. The van der Waals surface area contributed by atoms with Crippen molar-refractivity contribution in [2.45, 2.75) is 58.4 Å². The first-order valence-electron chi connectivity index (χ1n) is 11.9. The van der Waals surface area contributed by atoms with Crippen molar-refractivity contribution in [1.82, 2.24) is 14.7 Å². The van der Waals surface area contributed by atoms with Crippen LogP contribution < -0.4 is 0 Å². The monoisotopic (exact) mass is 425 g/mol. The molecule has 0 unspecified atom stereocenters. The van der Waals surface area contributed by atoms with Crippen LogP contribution in [0.1, 0.15) is 63.0 Å². The first-order chi connectivity index (χ1) is 14.9. The van der Waals surface area contributed by atoms with Crippen LogP contribution in [0.2, 0.25) is 0 Å². The summed E-state index contributed by atoms with van der Waals surface area (Å²) in [4.78, 5) is 43.5. The molecule has 1 aromatic rings. The lowest BCUT2D eigenvalue weighted by atomic mass is 9.81. The molecule has 1 aliphatic carbocycles. The predicted molar refractivity (Wildman–Crippen MR) is 119 cm³/mol. The standard InChI is InChI=1S/C25H35N3O3/c1-18(2)20-9-7-19(8-10-20)17-26-13-15-27(16-14-26)23(29)11-12-28-24(30)21-5-3-4-6-22(21)25(28)31/h7-10,18,21-22H,3-6,11-17H2,1-2H3/t21-,22-/m1/s1. The normalized spacial score (nSPS) is 24.7. The molecular formula is C25H35N3O3. The Labute approximate surface area is 185 Å². The minimum atomic E-state index is -0.130. The Hall–Kier alpha value is -2.21. The fourth-order valence-electron chi connectivity index (χ4n) is 5.24. The van der Waals surface area contributed by atoms with Gasteiger partial charge in [-0.3, -0.25) is 24.2 Å². The molecule has 6 nitrogen and oxygen atoms in total. The topological polar surface area (TPSA) is 60.9 Å². The van der Waals surface area contributed by atoms with E-state index in [0.717, 1.165) is 45.3 Å². The fourth-order valence-corrected chi connectivity index (χ4v) is 5.24. The van der Waals surface area contributed by atoms with Crippen molar-refractivity contribution in [2.75, 3.05) is 32.7 Å². The van der Waals surface area contributed by atoms with Gasteiger partial charge < -0.3 is 4.90 Å². The van der Waals surface area contributed by atoms with Gasteiger partial charge in [0, 0.05) is 45.7 Å². The van der Waals surface area contributed by atoms with Crippen LogP contribution >= 0.6 is 0 Å². The molecule has 2 atom stereocenters. The van der Waals surface area contributed by atoms with Crippen molar-refractivity contribution < 1.29 is 14.4 Å². The van der Waals surface area contributed by atoms with Gasteiger partial charge in [-0.05, 0) is 29.9 Å². The smallest absolute Gasteiger partial charge is 0.233 e. The van der Waals surface area contributed by atoms with Crippen LogP contribution in [-0.4, -0.2) is 65.1 Å². The van der Waals surface area contributed by atoms with Crippen molar-refractivity contribution in [2.24, 2.45) is 11.8 Å². The van der Waals surface area contributed by atoms with E-state index >= 15 is 0 Å².